The number of hydrogen-bond donors (Lipinski definition) is 5. The molecule has 16 nitrogen and oxygen atoms in total. The first kappa shape index (κ1) is 43.9. The minimum absolute atomic E-state index is 0.0203. The van der Waals surface area contributed by atoms with Gasteiger partial charge in [0.2, 0.25) is 33.7 Å². The van der Waals surface area contributed by atoms with Gasteiger partial charge in [-0.3, -0.25) is 43.9 Å². The molecule has 3 aliphatic heterocycles. The summed E-state index contributed by atoms with van der Waals surface area (Å²) < 4.78 is 29.6. The van der Waals surface area contributed by atoms with Crippen molar-refractivity contribution in [2.75, 3.05) is 48.3 Å². The number of piperidine rings is 1. The van der Waals surface area contributed by atoms with Gasteiger partial charge in [0.15, 0.2) is 0 Å². The summed E-state index contributed by atoms with van der Waals surface area (Å²) in [6.07, 6.45) is 4.61. The van der Waals surface area contributed by atoms with Crippen LogP contribution in [-0.4, -0.2) is 103 Å². The largest absolute Gasteiger partial charge is 0.369 e. The topological polar surface area (TPSA) is 210 Å². The lowest BCUT2D eigenvalue weighted by Crippen LogP contribution is -2.54. The van der Waals surface area contributed by atoms with Gasteiger partial charge in [-0.05, 0) is 99.3 Å². The summed E-state index contributed by atoms with van der Waals surface area (Å²) in [4.78, 5) is 86.1. The van der Waals surface area contributed by atoms with Gasteiger partial charge >= 0.3 is 0 Å². The second-order valence-corrected chi connectivity index (χ2v) is 18.2. The van der Waals surface area contributed by atoms with Crippen LogP contribution >= 0.6 is 0 Å². The van der Waals surface area contributed by atoms with E-state index in [1.165, 1.54) is 18.2 Å². The number of para-hydroxylation sites is 1. The number of sulfonamides is 1. The number of fused-ring (bicyclic) bond motifs is 2. The first-order valence-corrected chi connectivity index (χ1v) is 23.0. The van der Waals surface area contributed by atoms with Crippen molar-refractivity contribution in [1.29, 1.82) is 0 Å². The van der Waals surface area contributed by atoms with E-state index in [0.29, 0.717) is 12.1 Å². The molecule has 0 spiro atoms. The predicted molar refractivity (Wildman–Crippen MR) is 241 cm³/mol. The molecule has 5 N–H and O–H groups in total. The summed E-state index contributed by atoms with van der Waals surface area (Å²) in [7, 11) is -4.01. The van der Waals surface area contributed by atoms with E-state index >= 15 is 0 Å². The molecular formula is C47H50N8O8S. The minimum Gasteiger partial charge on any atom is -0.369 e. The van der Waals surface area contributed by atoms with Gasteiger partial charge in [0, 0.05) is 67.5 Å². The van der Waals surface area contributed by atoms with Gasteiger partial charge in [-0.2, -0.15) is 4.72 Å². The Morgan fingerprint density at radius 3 is 2.31 bits per heavy atom. The average Bonchev–Trinajstić information content (AvgIpc) is 3.81. The van der Waals surface area contributed by atoms with Gasteiger partial charge < -0.3 is 20.5 Å². The highest BCUT2D eigenvalue weighted by Crippen LogP contribution is 2.33. The van der Waals surface area contributed by atoms with Crippen LogP contribution < -0.4 is 25.6 Å². The zero-order valence-electron chi connectivity index (χ0n) is 35.4. The second kappa shape index (κ2) is 19.0. The van der Waals surface area contributed by atoms with Gasteiger partial charge in [-0.25, -0.2) is 8.42 Å². The molecular weight excluding hydrogens is 837 g/mol. The van der Waals surface area contributed by atoms with Gasteiger partial charge in [0.25, 0.3) is 11.8 Å². The van der Waals surface area contributed by atoms with Crippen molar-refractivity contribution in [3.05, 3.63) is 119 Å². The molecule has 5 aromatic rings. The third-order valence-corrected chi connectivity index (χ3v) is 13.5. The summed E-state index contributed by atoms with van der Waals surface area (Å²) in [5.41, 5.74) is 4.58. The molecule has 2 atom stereocenters. The lowest BCUT2D eigenvalue weighted by atomic mass is 10.0. The number of anilines is 3. The van der Waals surface area contributed by atoms with Crippen molar-refractivity contribution in [3.63, 3.8) is 0 Å². The van der Waals surface area contributed by atoms with Gasteiger partial charge in [0.05, 0.1) is 21.7 Å². The number of amides is 6. The van der Waals surface area contributed by atoms with E-state index in [9.17, 15) is 37.2 Å². The molecule has 0 radical (unpaired) electrons. The number of imide groups is 2. The average molecular weight is 887 g/mol. The van der Waals surface area contributed by atoms with E-state index < -0.39 is 51.6 Å². The Kier molecular flexibility index (Phi) is 13.0. The highest BCUT2D eigenvalue weighted by atomic mass is 32.2. The van der Waals surface area contributed by atoms with Crippen molar-refractivity contribution in [1.82, 2.24) is 24.8 Å². The number of benzene rings is 4. The zero-order chi connectivity index (χ0) is 45.0. The Balaban J connectivity index is 0.784. The number of nitrogens with zero attached hydrogens (tertiary/aromatic N) is 3. The molecule has 0 bridgehead atoms. The van der Waals surface area contributed by atoms with Crippen LogP contribution in [0.5, 0.6) is 0 Å². The Labute approximate surface area is 370 Å². The summed E-state index contributed by atoms with van der Waals surface area (Å²) in [6.45, 7) is 6.10. The maximum absolute atomic E-state index is 13.8. The van der Waals surface area contributed by atoms with E-state index in [1.54, 1.807) is 30.5 Å². The summed E-state index contributed by atoms with van der Waals surface area (Å²) in [5.74, 6) is -3.19. The number of carbonyl (C=O) groups excluding carboxylic acids is 6. The molecule has 3 aliphatic rings. The number of piperazine rings is 1. The predicted octanol–water partition coefficient (Wildman–Crippen LogP) is 4.73. The van der Waals surface area contributed by atoms with Crippen LogP contribution in [0.1, 0.15) is 70.4 Å². The van der Waals surface area contributed by atoms with Crippen LogP contribution in [0, 0.1) is 6.92 Å². The standard InChI is InChI=1S/C47H50N8O8S/c1-30-13-19-34(20-14-30)64(62,63)52-39(28-31-29-48-37-10-5-4-8-35(31)37)44(58)49-32-15-17-33(18-16-32)54-26-24-53(25-27-54)23-6-2-3-12-41(56)50-38-11-7-9-36-43(38)47(61)55(46(36)60)40-21-22-42(57)51-45(40)59/h4-5,7-11,13-20,29,39-40,48,52H,2-3,6,12,21-28H2,1H3,(H,49,58)(H,50,56)(H,51,57,59). The normalized spacial score (nSPS) is 17.4. The molecule has 8 rings (SSSR count). The lowest BCUT2D eigenvalue weighted by molar-refractivity contribution is -0.136. The molecule has 17 heteroatoms. The SMILES string of the molecule is Cc1ccc(S(=O)(=O)NC(Cc2c[nH]c3ccccc23)C(=O)Nc2ccc(N3CCN(CCCCCC(=O)Nc4cccc5c4C(=O)N(C4CCC(=O)NC4=O)C5=O)CC3)cc2)cc1. The summed E-state index contributed by atoms with van der Waals surface area (Å²) >= 11 is 0. The molecule has 2 fully saturated rings. The van der Waals surface area contributed by atoms with E-state index in [4.69, 9.17) is 0 Å². The first-order valence-electron chi connectivity index (χ1n) is 21.5. The smallest absolute Gasteiger partial charge is 0.264 e. The van der Waals surface area contributed by atoms with Crippen molar-refractivity contribution in [2.24, 2.45) is 0 Å². The molecule has 1 aromatic heterocycles. The number of aromatic nitrogens is 1. The van der Waals surface area contributed by atoms with Gasteiger partial charge in [-0.15, -0.1) is 0 Å². The zero-order valence-corrected chi connectivity index (χ0v) is 36.2. The van der Waals surface area contributed by atoms with Crippen LogP contribution in [0.4, 0.5) is 17.1 Å². The van der Waals surface area contributed by atoms with Gasteiger partial charge in [0.1, 0.15) is 12.1 Å². The summed E-state index contributed by atoms with van der Waals surface area (Å²) in [6, 6.07) is 24.2. The third-order valence-electron chi connectivity index (χ3n) is 12.0. The number of nitrogens with one attached hydrogen (secondary N) is 5. The molecule has 0 saturated carbocycles. The molecule has 2 unspecified atom stereocenters. The number of aryl methyl sites for hydroxylation is 1. The monoisotopic (exact) mass is 886 g/mol. The highest BCUT2D eigenvalue weighted by Gasteiger charge is 2.45. The van der Waals surface area contributed by atoms with E-state index in [1.807, 2.05) is 55.5 Å². The second-order valence-electron chi connectivity index (χ2n) is 16.4. The molecule has 332 valence electrons. The lowest BCUT2D eigenvalue weighted by Gasteiger charge is -2.36. The van der Waals surface area contributed by atoms with Crippen molar-refractivity contribution >= 4 is 73.4 Å². The highest BCUT2D eigenvalue weighted by molar-refractivity contribution is 7.89. The van der Waals surface area contributed by atoms with E-state index in [2.05, 4.69) is 35.5 Å². The fourth-order valence-corrected chi connectivity index (χ4v) is 9.72. The Morgan fingerprint density at radius 2 is 1.56 bits per heavy atom. The third kappa shape index (κ3) is 9.76. The van der Waals surface area contributed by atoms with Crippen LogP contribution in [0.3, 0.4) is 0 Å². The molecule has 6 amide bonds. The maximum Gasteiger partial charge on any atom is 0.264 e. The summed E-state index contributed by atoms with van der Waals surface area (Å²) in [5, 5.41) is 8.81. The molecule has 4 heterocycles. The van der Waals surface area contributed by atoms with Crippen molar-refractivity contribution < 1.29 is 37.2 Å². The van der Waals surface area contributed by atoms with Crippen LogP contribution in [0.25, 0.3) is 10.9 Å². The Hall–Kier alpha value is -6.69. The number of unbranched alkanes of at least 4 members (excludes halogenated alkanes) is 2. The Bertz CT molecular complexity index is 2710. The number of rotatable bonds is 16. The van der Waals surface area contributed by atoms with Crippen molar-refractivity contribution in [3.8, 4) is 0 Å². The quantitative estimate of drug-likeness (QED) is 0.0680. The molecule has 64 heavy (non-hydrogen) atoms. The fourth-order valence-electron chi connectivity index (χ4n) is 8.53. The van der Waals surface area contributed by atoms with Gasteiger partial charge in [-0.1, -0.05) is 48.4 Å². The molecule has 0 aliphatic carbocycles. The molecule has 2 saturated heterocycles. The number of hydrogen-bond acceptors (Lipinski definition) is 10. The number of aromatic amines is 1. The molecule has 4 aromatic carbocycles. The van der Waals surface area contributed by atoms with Crippen LogP contribution in [0.2, 0.25) is 0 Å². The fraction of sp³-hybridized carbons (Fsp3) is 0.319. The maximum atomic E-state index is 13.8. The van der Waals surface area contributed by atoms with Crippen molar-refractivity contribution in [2.45, 2.75) is 68.8 Å². The number of carbonyl (C=O) groups is 6. The number of H-pyrrole nitrogens is 1. The van der Waals surface area contributed by atoms with E-state index in [-0.39, 0.29) is 53.3 Å². The van der Waals surface area contributed by atoms with Crippen LogP contribution in [-0.2, 0) is 35.6 Å². The first-order chi connectivity index (χ1) is 30.8. The van der Waals surface area contributed by atoms with Crippen LogP contribution in [0.15, 0.2) is 102 Å². The minimum atomic E-state index is -4.01. The van der Waals surface area contributed by atoms with E-state index in [0.717, 1.165) is 78.2 Å². The Morgan fingerprint density at radius 1 is 0.812 bits per heavy atom.